The summed E-state index contributed by atoms with van der Waals surface area (Å²) < 4.78 is 10.4. The maximum Gasteiger partial charge on any atom is 0.256 e. The number of amides is 1. The molecule has 2 N–H and O–H groups in total. The van der Waals surface area contributed by atoms with Crippen LogP contribution in [0.5, 0.6) is 17.2 Å². The van der Waals surface area contributed by atoms with E-state index < -0.39 is 0 Å². The second-order valence-corrected chi connectivity index (χ2v) is 4.53. The number of aromatic hydroxyl groups is 1. The molecule has 0 aliphatic heterocycles. The molecule has 1 amide bonds. The topological polar surface area (TPSA) is 67.8 Å². The van der Waals surface area contributed by atoms with Gasteiger partial charge in [-0.05, 0) is 36.8 Å². The Morgan fingerprint density at radius 1 is 1.10 bits per heavy atom. The predicted octanol–water partition coefficient (Wildman–Crippen LogP) is 2.97. The highest BCUT2D eigenvalue weighted by atomic mass is 16.5. The molecule has 2 aromatic carbocycles. The monoisotopic (exact) mass is 287 g/mol. The first-order chi connectivity index (χ1) is 10.0. The fourth-order valence-corrected chi connectivity index (χ4v) is 2.01. The Bertz CT molecular complexity index is 667. The van der Waals surface area contributed by atoms with E-state index in [0.717, 1.165) is 5.56 Å². The number of rotatable bonds is 4. The van der Waals surface area contributed by atoms with E-state index in [0.29, 0.717) is 22.7 Å². The van der Waals surface area contributed by atoms with Gasteiger partial charge in [0.05, 0.1) is 14.2 Å². The molecule has 0 unspecified atom stereocenters. The number of ether oxygens (including phenoxy) is 2. The molecule has 110 valence electrons. The van der Waals surface area contributed by atoms with Crippen molar-refractivity contribution < 1.29 is 19.4 Å². The van der Waals surface area contributed by atoms with Gasteiger partial charge in [0.2, 0.25) is 0 Å². The van der Waals surface area contributed by atoms with E-state index in [1.54, 1.807) is 31.4 Å². The molecule has 0 fully saturated rings. The first-order valence-electron chi connectivity index (χ1n) is 6.38. The minimum atomic E-state index is -0.279. The molecule has 2 aromatic rings. The largest absolute Gasteiger partial charge is 0.508 e. The molecule has 0 atom stereocenters. The average Bonchev–Trinajstić information content (AvgIpc) is 2.46. The van der Waals surface area contributed by atoms with Gasteiger partial charge in [-0.2, -0.15) is 0 Å². The van der Waals surface area contributed by atoms with Crippen molar-refractivity contribution in [2.24, 2.45) is 0 Å². The van der Waals surface area contributed by atoms with Crippen molar-refractivity contribution in [3.05, 3.63) is 47.5 Å². The molecule has 0 bridgehead atoms. The van der Waals surface area contributed by atoms with Gasteiger partial charge < -0.3 is 19.9 Å². The van der Waals surface area contributed by atoms with Crippen molar-refractivity contribution in [2.45, 2.75) is 6.92 Å². The molecule has 21 heavy (non-hydrogen) atoms. The number of phenolic OH excluding ortho intramolecular Hbond substituents is 1. The van der Waals surface area contributed by atoms with E-state index in [4.69, 9.17) is 9.47 Å². The van der Waals surface area contributed by atoms with Crippen molar-refractivity contribution in [2.75, 3.05) is 19.5 Å². The van der Waals surface area contributed by atoms with E-state index in [1.807, 2.05) is 6.92 Å². The van der Waals surface area contributed by atoms with E-state index >= 15 is 0 Å². The van der Waals surface area contributed by atoms with Crippen molar-refractivity contribution in [3.8, 4) is 17.2 Å². The lowest BCUT2D eigenvalue weighted by molar-refractivity contribution is 0.102. The van der Waals surface area contributed by atoms with Crippen molar-refractivity contribution >= 4 is 11.6 Å². The zero-order chi connectivity index (χ0) is 15.4. The number of anilines is 1. The average molecular weight is 287 g/mol. The fraction of sp³-hybridized carbons (Fsp3) is 0.188. The number of phenols is 1. The number of nitrogens with one attached hydrogen (secondary N) is 1. The molecule has 0 spiro atoms. The summed E-state index contributed by atoms with van der Waals surface area (Å²) in [5, 5.41) is 12.1. The molecule has 0 heterocycles. The quantitative estimate of drug-likeness (QED) is 0.907. The molecule has 5 heteroatoms. The van der Waals surface area contributed by atoms with Crippen LogP contribution in [0.1, 0.15) is 15.9 Å². The number of hydrogen-bond acceptors (Lipinski definition) is 4. The lowest BCUT2D eigenvalue weighted by Gasteiger charge is -2.13. The highest BCUT2D eigenvalue weighted by molar-refractivity contribution is 6.05. The van der Waals surface area contributed by atoms with Crippen LogP contribution in [0.15, 0.2) is 36.4 Å². The third-order valence-electron chi connectivity index (χ3n) is 3.08. The van der Waals surface area contributed by atoms with Crippen molar-refractivity contribution in [1.29, 1.82) is 0 Å². The summed E-state index contributed by atoms with van der Waals surface area (Å²) in [4.78, 5) is 12.3. The minimum Gasteiger partial charge on any atom is -0.508 e. The SMILES string of the molecule is COc1cc(C)c(C(=O)Nc2cccc(O)c2)cc1OC. The van der Waals surface area contributed by atoms with Gasteiger partial charge >= 0.3 is 0 Å². The summed E-state index contributed by atoms with van der Waals surface area (Å²) in [6, 6.07) is 9.76. The Morgan fingerprint density at radius 2 is 1.76 bits per heavy atom. The second-order valence-electron chi connectivity index (χ2n) is 4.53. The molecule has 0 aliphatic carbocycles. The van der Waals surface area contributed by atoms with Gasteiger partial charge in [0.1, 0.15) is 5.75 Å². The summed E-state index contributed by atoms with van der Waals surface area (Å²) >= 11 is 0. The van der Waals surface area contributed by atoms with Crippen LogP contribution in [0, 0.1) is 6.92 Å². The normalized spacial score (nSPS) is 10.0. The lowest BCUT2D eigenvalue weighted by atomic mass is 10.1. The molecular formula is C16H17NO4. The maximum atomic E-state index is 12.3. The number of methoxy groups -OCH3 is 2. The number of aryl methyl sites for hydroxylation is 1. The molecule has 2 rings (SSSR count). The number of carbonyl (C=O) groups is 1. The van der Waals surface area contributed by atoms with Crippen molar-refractivity contribution in [1.82, 2.24) is 0 Å². The third kappa shape index (κ3) is 3.25. The summed E-state index contributed by atoms with van der Waals surface area (Å²) in [6.45, 7) is 1.82. The molecule has 0 aliphatic rings. The zero-order valence-electron chi connectivity index (χ0n) is 12.1. The first-order valence-corrected chi connectivity index (χ1v) is 6.38. The van der Waals surface area contributed by atoms with Crippen LogP contribution in [-0.2, 0) is 0 Å². The van der Waals surface area contributed by atoms with Crippen LogP contribution in [0.25, 0.3) is 0 Å². The molecule has 0 aromatic heterocycles. The summed E-state index contributed by atoms with van der Waals surface area (Å²) in [5.41, 5.74) is 1.77. The van der Waals surface area contributed by atoms with Gasteiger partial charge in [0, 0.05) is 17.3 Å². The summed E-state index contributed by atoms with van der Waals surface area (Å²) in [7, 11) is 3.06. The Kier molecular flexibility index (Phi) is 4.33. The first kappa shape index (κ1) is 14.7. The van der Waals surface area contributed by atoms with Gasteiger partial charge in [-0.3, -0.25) is 4.79 Å². The molecular weight excluding hydrogens is 270 g/mol. The van der Waals surface area contributed by atoms with Crippen molar-refractivity contribution in [3.63, 3.8) is 0 Å². The second kappa shape index (κ2) is 6.17. The van der Waals surface area contributed by atoms with Gasteiger partial charge in [-0.25, -0.2) is 0 Å². The van der Waals surface area contributed by atoms with E-state index in [2.05, 4.69) is 5.32 Å². The number of hydrogen-bond donors (Lipinski definition) is 2. The smallest absolute Gasteiger partial charge is 0.256 e. The minimum absolute atomic E-state index is 0.0943. The van der Waals surface area contributed by atoms with Crippen LogP contribution in [0.4, 0.5) is 5.69 Å². The summed E-state index contributed by atoms with van der Waals surface area (Å²) in [6.07, 6.45) is 0. The van der Waals surface area contributed by atoms with E-state index in [-0.39, 0.29) is 11.7 Å². The number of benzene rings is 2. The molecule has 0 radical (unpaired) electrons. The third-order valence-corrected chi connectivity index (χ3v) is 3.08. The Hall–Kier alpha value is -2.69. The number of carbonyl (C=O) groups excluding carboxylic acids is 1. The molecule has 0 saturated carbocycles. The van der Waals surface area contributed by atoms with Crippen LogP contribution < -0.4 is 14.8 Å². The highest BCUT2D eigenvalue weighted by Gasteiger charge is 2.14. The van der Waals surface area contributed by atoms with Crippen LogP contribution >= 0.6 is 0 Å². The Balaban J connectivity index is 2.31. The highest BCUT2D eigenvalue weighted by Crippen LogP contribution is 2.30. The van der Waals surface area contributed by atoms with E-state index in [1.165, 1.54) is 19.2 Å². The zero-order valence-corrected chi connectivity index (χ0v) is 12.1. The lowest BCUT2D eigenvalue weighted by Crippen LogP contribution is -2.13. The van der Waals surface area contributed by atoms with Crippen LogP contribution in [0.3, 0.4) is 0 Å². The van der Waals surface area contributed by atoms with E-state index in [9.17, 15) is 9.90 Å². The van der Waals surface area contributed by atoms with Gasteiger partial charge in [-0.1, -0.05) is 6.07 Å². The Labute approximate surface area is 123 Å². The standard InChI is InChI=1S/C16H17NO4/c1-10-7-14(20-2)15(21-3)9-13(10)16(19)17-11-5-4-6-12(18)8-11/h4-9,18H,1-3H3,(H,17,19). The molecule has 0 saturated heterocycles. The maximum absolute atomic E-state index is 12.3. The molecule has 5 nitrogen and oxygen atoms in total. The summed E-state index contributed by atoms with van der Waals surface area (Å²) in [5.74, 6) is 0.879. The van der Waals surface area contributed by atoms with Gasteiger partial charge in [-0.15, -0.1) is 0 Å². The van der Waals surface area contributed by atoms with Crippen LogP contribution in [-0.4, -0.2) is 25.2 Å². The van der Waals surface area contributed by atoms with Crippen LogP contribution in [0.2, 0.25) is 0 Å². The fourth-order valence-electron chi connectivity index (χ4n) is 2.01. The van der Waals surface area contributed by atoms with Gasteiger partial charge in [0.15, 0.2) is 11.5 Å². The van der Waals surface area contributed by atoms with Gasteiger partial charge in [0.25, 0.3) is 5.91 Å². The Morgan fingerprint density at radius 3 is 2.38 bits per heavy atom. The predicted molar refractivity (Wildman–Crippen MR) is 80.3 cm³/mol.